The smallest absolute Gasteiger partial charge is 0.0992 e. The molecule has 0 saturated heterocycles. The lowest BCUT2D eigenvalue weighted by molar-refractivity contribution is -0.0975. The largest absolute Gasteiger partial charge is 0.382 e. The van der Waals surface area contributed by atoms with Crippen molar-refractivity contribution in [3.8, 4) is 6.07 Å². The summed E-state index contributed by atoms with van der Waals surface area (Å²) < 4.78 is 6.65. The molecule has 0 aromatic heterocycles. The van der Waals surface area contributed by atoms with Gasteiger partial charge < -0.3 is 10.1 Å². The van der Waals surface area contributed by atoms with Gasteiger partial charge in [0, 0.05) is 28.2 Å². The maximum Gasteiger partial charge on any atom is 0.0992 e. The van der Waals surface area contributed by atoms with E-state index in [1.54, 1.807) is 0 Å². The Morgan fingerprint density at radius 2 is 2.21 bits per heavy atom. The van der Waals surface area contributed by atoms with E-state index in [0.717, 1.165) is 23.2 Å². The Kier molecular flexibility index (Phi) is 4.17. The van der Waals surface area contributed by atoms with Crippen molar-refractivity contribution in [1.29, 1.82) is 5.26 Å². The number of hydrogen-bond acceptors (Lipinski definition) is 3. The van der Waals surface area contributed by atoms with Crippen molar-refractivity contribution in [3.05, 3.63) is 28.2 Å². The number of anilines is 1. The third-order valence-corrected chi connectivity index (χ3v) is 4.37. The topological polar surface area (TPSA) is 45.0 Å². The van der Waals surface area contributed by atoms with Gasteiger partial charge >= 0.3 is 0 Å². The molecular weight excluding hydrogens is 304 g/mol. The van der Waals surface area contributed by atoms with Crippen LogP contribution in [0.5, 0.6) is 0 Å². The van der Waals surface area contributed by atoms with E-state index in [1.165, 1.54) is 0 Å². The minimum absolute atomic E-state index is 0.116. The summed E-state index contributed by atoms with van der Waals surface area (Å²) in [4.78, 5) is 0. The first-order chi connectivity index (χ1) is 8.97. The van der Waals surface area contributed by atoms with Gasteiger partial charge in [-0.1, -0.05) is 29.8 Å². The Labute approximate surface area is 123 Å². The molecule has 0 heterocycles. The van der Waals surface area contributed by atoms with Crippen molar-refractivity contribution in [1.82, 2.24) is 0 Å². The SMILES string of the molecule is CCOC1CC(Nc2cc(Br)cc(C#N)c2)C1(C)C. The van der Waals surface area contributed by atoms with E-state index in [-0.39, 0.29) is 5.41 Å². The first kappa shape index (κ1) is 14.4. The van der Waals surface area contributed by atoms with Gasteiger partial charge in [-0.2, -0.15) is 5.26 Å². The Morgan fingerprint density at radius 1 is 1.47 bits per heavy atom. The molecule has 1 aromatic carbocycles. The Balaban J connectivity index is 2.07. The van der Waals surface area contributed by atoms with Crippen LogP contribution < -0.4 is 5.32 Å². The fraction of sp³-hybridized carbons (Fsp3) is 0.533. The molecule has 1 aliphatic carbocycles. The van der Waals surface area contributed by atoms with E-state index in [0.29, 0.717) is 17.7 Å². The number of halogens is 1. The van der Waals surface area contributed by atoms with Crippen LogP contribution in [0.25, 0.3) is 0 Å². The summed E-state index contributed by atoms with van der Waals surface area (Å²) in [5, 5.41) is 12.5. The van der Waals surface area contributed by atoms with Crippen molar-refractivity contribution >= 4 is 21.6 Å². The minimum atomic E-state index is 0.116. The molecule has 1 fully saturated rings. The van der Waals surface area contributed by atoms with E-state index >= 15 is 0 Å². The molecule has 1 N–H and O–H groups in total. The van der Waals surface area contributed by atoms with Gasteiger partial charge in [0.05, 0.1) is 17.7 Å². The molecule has 3 nitrogen and oxygen atoms in total. The number of ether oxygens (including phenoxy) is 1. The summed E-state index contributed by atoms with van der Waals surface area (Å²) in [6.07, 6.45) is 1.33. The minimum Gasteiger partial charge on any atom is -0.382 e. The fourth-order valence-electron chi connectivity index (χ4n) is 2.55. The second-order valence-corrected chi connectivity index (χ2v) is 6.45. The molecule has 2 rings (SSSR count). The highest BCUT2D eigenvalue weighted by atomic mass is 79.9. The number of nitrogens with one attached hydrogen (secondary N) is 1. The predicted octanol–water partition coefficient (Wildman–Crippen LogP) is 3.94. The van der Waals surface area contributed by atoms with Gasteiger partial charge in [-0.3, -0.25) is 0 Å². The van der Waals surface area contributed by atoms with Crippen LogP contribution in [0, 0.1) is 16.7 Å². The molecule has 19 heavy (non-hydrogen) atoms. The summed E-state index contributed by atoms with van der Waals surface area (Å²) in [6.45, 7) is 7.23. The lowest BCUT2D eigenvalue weighted by atomic mass is 9.64. The molecule has 0 aliphatic heterocycles. The normalized spacial score (nSPS) is 24.4. The molecule has 1 saturated carbocycles. The van der Waals surface area contributed by atoms with E-state index in [4.69, 9.17) is 10.00 Å². The summed E-state index contributed by atoms with van der Waals surface area (Å²) in [7, 11) is 0. The first-order valence-electron chi connectivity index (χ1n) is 6.56. The zero-order valence-electron chi connectivity index (χ0n) is 11.5. The second kappa shape index (κ2) is 5.52. The molecule has 0 bridgehead atoms. The number of benzene rings is 1. The summed E-state index contributed by atoms with van der Waals surface area (Å²) >= 11 is 3.43. The zero-order chi connectivity index (χ0) is 14.0. The van der Waals surface area contributed by atoms with E-state index in [9.17, 15) is 0 Å². The van der Waals surface area contributed by atoms with Crippen LogP contribution in [0.3, 0.4) is 0 Å². The van der Waals surface area contributed by atoms with Crippen molar-refractivity contribution < 1.29 is 4.74 Å². The molecule has 0 amide bonds. The highest BCUT2D eigenvalue weighted by molar-refractivity contribution is 9.10. The van der Waals surface area contributed by atoms with Gasteiger partial charge in [0.1, 0.15) is 0 Å². The van der Waals surface area contributed by atoms with Crippen LogP contribution in [0.2, 0.25) is 0 Å². The fourth-order valence-corrected chi connectivity index (χ4v) is 3.05. The number of rotatable bonds is 4. The van der Waals surface area contributed by atoms with Gasteiger partial charge in [0.25, 0.3) is 0 Å². The van der Waals surface area contributed by atoms with Gasteiger partial charge in [0.2, 0.25) is 0 Å². The van der Waals surface area contributed by atoms with Crippen molar-refractivity contribution in [3.63, 3.8) is 0 Å². The van der Waals surface area contributed by atoms with Gasteiger partial charge in [-0.25, -0.2) is 0 Å². The average molecular weight is 323 g/mol. The molecule has 102 valence electrons. The molecule has 0 spiro atoms. The average Bonchev–Trinajstić information content (AvgIpc) is 2.37. The lowest BCUT2D eigenvalue weighted by Crippen LogP contribution is -2.58. The van der Waals surface area contributed by atoms with Gasteiger partial charge in [0.15, 0.2) is 0 Å². The van der Waals surface area contributed by atoms with Crippen molar-refractivity contribution in [2.45, 2.75) is 39.3 Å². The lowest BCUT2D eigenvalue weighted by Gasteiger charge is -2.52. The Bertz CT molecular complexity index is 507. The standard InChI is InChI=1S/C15H19BrN2O/c1-4-19-14-8-13(15(14,2)3)18-12-6-10(9-17)5-11(16)7-12/h5-7,13-14,18H,4,8H2,1-3H3. The maximum atomic E-state index is 8.99. The van der Waals surface area contributed by atoms with E-state index in [1.807, 2.05) is 25.1 Å². The summed E-state index contributed by atoms with van der Waals surface area (Å²) in [5.41, 5.74) is 1.76. The van der Waals surface area contributed by atoms with Gasteiger partial charge in [-0.15, -0.1) is 0 Å². The van der Waals surface area contributed by atoms with Crippen LogP contribution in [0.15, 0.2) is 22.7 Å². The zero-order valence-corrected chi connectivity index (χ0v) is 13.1. The molecule has 0 radical (unpaired) electrons. The monoisotopic (exact) mass is 322 g/mol. The van der Waals surface area contributed by atoms with Crippen molar-refractivity contribution in [2.75, 3.05) is 11.9 Å². The molecular formula is C15H19BrN2O. The highest BCUT2D eigenvalue weighted by Gasteiger charge is 2.48. The quantitative estimate of drug-likeness (QED) is 0.913. The van der Waals surface area contributed by atoms with Crippen LogP contribution >= 0.6 is 15.9 Å². The van der Waals surface area contributed by atoms with E-state index < -0.39 is 0 Å². The van der Waals surface area contributed by atoms with E-state index in [2.05, 4.69) is 41.2 Å². The van der Waals surface area contributed by atoms with Gasteiger partial charge in [-0.05, 0) is 31.5 Å². The first-order valence-corrected chi connectivity index (χ1v) is 7.35. The van der Waals surface area contributed by atoms with Crippen LogP contribution in [-0.2, 0) is 4.74 Å². The summed E-state index contributed by atoms with van der Waals surface area (Å²) in [5.74, 6) is 0. The van der Waals surface area contributed by atoms with Crippen LogP contribution in [0.4, 0.5) is 5.69 Å². The van der Waals surface area contributed by atoms with Crippen LogP contribution in [-0.4, -0.2) is 18.8 Å². The third kappa shape index (κ3) is 2.93. The molecule has 2 unspecified atom stereocenters. The second-order valence-electron chi connectivity index (χ2n) is 5.54. The molecule has 4 heteroatoms. The maximum absolute atomic E-state index is 8.99. The predicted molar refractivity (Wildman–Crippen MR) is 80.1 cm³/mol. The molecule has 2 atom stereocenters. The molecule has 1 aliphatic rings. The third-order valence-electron chi connectivity index (χ3n) is 3.91. The Hall–Kier alpha value is -1.05. The number of nitriles is 1. The van der Waals surface area contributed by atoms with Crippen molar-refractivity contribution in [2.24, 2.45) is 5.41 Å². The Morgan fingerprint density at radius 3 is 2.79 bits per heavy atom. The molecule has 1 aromatic rings. The number of nitrogens with zero attached hydrogens (tertiary/aromatic N) is 1. The summed E-state index contributed by atoms with van der Waals surface area (Å²) in [6, 6.07) is 8.26. The number of hydrogen-bond donors (Lipinski definition) is 1. The highest BCUT2D eigenvalue weighted by Crippen LogP contribution is 2.44. The van der Waals surface area contributed by atoms with Crippen LogP contribution in [0.1, 0.15) is 32.8 Å².